The van der Waals surface area contributed by atoms with Gasteiger partial charge in [-0.3, -0.25) is 9.59 Å². The number of carboxylic acid groups (broad SMARTS) is 2. The lowest BCUT2D eigenvalue weighted by atomic mass is 9.46. The molecule has 2 saturated carbocycles. The molecule has 0 unspecified atom stereocenters. The fraction of sp³-hybridized carbons (Fsp3) is 0.750. The standard InChI is InChI=1S/C32H46O5/c1-16(2)17(3)7-8-18(4)24-15-22-27(30(36)37)26(29(34)35)21-14-19-13-20(33)9-11-31(19,5)23-10-12-32(24,6)28(22)25(21)23/h7-8,14,16-18,20-24,26-27,33H,9-13,15H2,1-6H3,(H,34,35)(H,36,37)/b8-7+/t17-,18+,20-,21+,22+,23-,24+,26-,27-,31-,32+/m0/s1. The van der Waals surface area contributed by atoms with E-state index in [1.807, 2.05) is 0 Å². The van der Waals surface area contributed by atoms with Gasteiger partial charge in [0, 0.05) is 5.92 Å². The van der Waals surface area contributed by atoms with Crippen molar-refractivity contribution in [3.8, 4) is 0 Å². The third-order valence-electron chi connectivity index (χ3n) is 11.8. The van der Waals surface area contributed by atoms with Gasteiger partial charge in [-0.2, -0.15) is 0 Å². The van der Waals surface area contributed by atoms with Crippen molar-refractivity contribution in [2.75, 3.05) is 0 Å². The fourth-order valence-electron chi connectivity index (χ4n) is 9.41. The molecule has 0 radical (unpaired) electrons. The summed E-state index contributed by atoms with van der Waals surface area (Å²) in [6.45, 7) is 13.7. The van der Waals surface area contributed by atoms with Crippen LogP contribution >= 0.6 is 0 Å². The molecule has 5 heteroatoms. The van der Waals surface area contributed by atoms with Crippen LogP contribution < -0.4 is 0 Å². The second-order valence-corrected chi connectivity index (χ2v) is 13.9. The van der Waals surface area contributed by atoms with Gasteiger partial charge in [0.1, 0.15) is 0 Å². The summed E-state index contributed by atoms with van der Waals surface area (Å²) in [4.78, 5) is 25.6. The van der Waals surface area contributed by atoms with Crippen molar-refractivity contribution < 1.29 is 24.9 Å². The van der Waals surface area contributed by atoms with Gasteiger partial charge in [0.25, 0.3) is 0 Å². The highest BCUT2D eigenvalue weighted by Gasteiger charge is 2.65. The van der Waals surface area contributed by atoms with Crippen molar-refractivity contribution in [1.82, 2.24) is 0 Å². The Morgan fingerprint density at radius 3 is 2.24 bits per heavy atom. The summed E-state index contributed by atoms with van der Waals surface area (Å²) in [6, 6.07) is 0. The number of aliphatic hydroxyl groups excluding tert-OH is 1. The van der Waals surface area contributed by atoms with Gasteiger partial charge in [-0.05, 0) is 84.9 Å². The van der Waals surface area contributed by atoms with Crippen molar-refractivity contribution in [2.24, 2.45) is 64.1 Å². The third kappa shape index (κ3) is 3.89. The van der Waals surface area contributed by atoms with E-state index < -0.39 is 29.9 Å². The Hall–Kier alpha value is -1.88. The highest BCUT2D eigenvalue weighted by Crippen LogP contribution is 2.71. The average Bonchev–Trinajstić information content (AvgIpc) is 3.14. The molecule has 0 heterocycles. The van der Waals surface area contributed by atoms with E-state index in [4.69, 9.17) is 0 Å². The van der Waals surface area contributed by atoms with Crippen molar-refractivity contribution in [3.63, 3.8) is 0 Å². The van der Waals surface area contributed by atoms with Crippen LogP contribution in [0.1, 0.15) is 80.1 Å². The van der Waals surface area contributed by atoms with Crippen LogP contribution in [0, 0.1) is 64.1 Å². The van der Waals surface area contributed by atoms with Crippen LogP contribution in [0.3, 0.4) is 0 Å². The molecular weight excluding hydrogens is 464 g/mol. The summed E-state index contributed by atoms with van der Waals surface area (Å²) in [5.74, 6) is -2.52. The molecule has 11 atom stereocenters. The maximum absolute atomic E-state index is 12.8. The van der Waals surface area contributed by atoms with Gasteiger partial charge >= 0.3 is 11.9 Å². The fourth-order valence-corrected chi connectivity index (χ4v) is 9.41. The zero-order chi connectivity index (χ0) is 27.0. The van der Waals surface area contributed by atoms with Crippen LogP contribution in [-0.2, 0) is 9.59 Å². The summed E-state index contributed by atoms with van der Waals surface area (Å²) in [7, 11) is 0. The second-order valence-electron chi connectivity index (χ2n) is 13.9. The van der Waals surface area contributed by atoms with Gasteiger partial charge in [0.15, 0.2) is 0 Å². The van der Waals surface area contributed by atoms with Crippen LogP contribution in [-0.4, -0.2) is 33.4 Å². The first-order valence-corrected chi connectivity index (χ1v) is 14.6. The smallest absolute Gasteiger partial charge is 0.308 e. The molecule has 0 aliphatic heterocycles. The third-order valence-corrected chi connectivity index (χ3v) is 11.8. The van der Waals surface area contributed by atoms with E-state index in [1.165, 1.54) is 11.1 Å². The lowest BCUT2D eigenvalue weighted by Gasteiger charge is -2.58. The molecular formula is C32H46O5. The number of rotatable bonds is 6. The molecule has 5 aliphatic rings. The summed E-state index contributed by atoms with van der Waals surface area (Å²) in [6.07, 6.45) is 11.4. The summed E-state index contributed by atoms with van der Waals surface area (Å²) in [5, 5.41) is 31.4. The number of aliphatic hydroxyl groups is 1. The highest BCUT2D eigenvalue weighted by atomic mass is 16.4. The van der Waals surface area contributed by atoms with Gasteiger partial charge in [0.2, 0.25) is 0 Å². The molecule has 2 fully saturated rings. The Kier molecular flexibility index (Phi) is 6.57. The van der Waals surface area contributed by atoms with E-state index in [2.05, 4.69) is 59.8 Å². The number of carbonyl (C=O) groups is 2. The van der Waals surface area contributed by atoms with Gasteiger partial charge in [0.05, 0.1) is 17.9 Å². The van der Waals surface area contributed by atoms with Crippen LogP contribution in [0.25, 0.3) is 0 Å². The van der Waals surface area contributed by atoms with Crippen LogP contribution in [0.15, 0.2) is 34.9 Å². The number of fused-ring (bicyclic) bond motifs is 2. The van der Waals surface area contributed by atoms with Gasteiger partial charge in [-0.25, -0.2) is 0 Å². The number of hydrogen-bond acceptors (Lipinski definition) is 3. The lowest BCUT2D eigenvalue weighted by molar-refractivity contribution is -0.158. The molecule has 204 valence electrons. The van der Waals surface area contributed by atoms with Crippen molar-refractivity contribution >= 4 is 11.9 Å². The maximum Gasteiger partial charge on any atom is 0.308 e. The minimum absolute atomic E-state index is 0.0701. The first-order chi connectivity index (χ1) is 17.3. The normalized spacial score (nSPS) is 44.3. The van der Waals surface area contributed by atoms with Crippen molar-refractivity contribution in [3.05, 3.63) is 34.9 Å². The summed E-state index contributed by atoms with van der Waals surface area (Å²) >= 11 is 0. The monoisotopic (exact) mass is 510 g/mol. The zero-order valence-corrected chi connectivity index (χ0v) is 23.4. The molecule has 5 nitrogen and oxygen atoms in total. The Balaban J connectivity index is 1.67. The highest BCUT2D eigenvalue weighted by molar-refractivity contribution is 5.83. The number of allylic oxidation sites excluding steroid dienone is 5. The molecule has 0 spiro atoms. The van der Waals surface area contributed by atoms with E-state index in [0.717, 1.165) is 37.7 Å². The molecule has 0 bridgehead atoms. The SMILES string of the molecule is CC(C)[C@@H](C)/C=C/[C@@H](C)[C@H]1C[C@H]2C3=C4[C@@H](C=C5C[C@@H](O)CC[C@]5(C)[C@H]4CC[C@@]31C)[C@H](C(=O)O)[C@H]2C(=O)O. The molecule has 37 heavy (non-hydrogen) atoms. The molecule has 3 N–H and O–H groups in total. The second kappa shape index (κ2) is 9.10. The minimum Gasteiger partial charge on any atom is -0.481 e. The first-order valence-electron chi connectivity index (χ1n) is 14.6. The Bertz CT molecular complexity index is 1070. The summed E-state index contributed by atoms with van der Waals surface area (Å²) in [5.41, 5.74) is 3.58. The first kappa shape index (κ1) is 26.7. The Morgan fingerprint density at radius 1 is 0.973 bits per heavy atom. The predicted octanol–water partition coefficient (Wildman–Crippen LogP) is 6.34. The average molecular weight is 511 g/mol. The van der Waals surface area contributed by atoms with Crippen molar-refractivity contribution in [1.29, 1.82) is 0 Å². The number of aliphatic carboxylic acids is 2. The Morgan fingerprint density at radius 2 is 1.62 bits per heavy atom. The lowest BCUT2D eigenvalue weighted by Crippen LogP contribution is -2.53. The van der Waals surface area contributed by atoms with Gasteiger partial charge < -0.3 is 15.3 Å². The number of hydrogen-bond donors (Lipinski definition) is 3. The molecule has 0 amide bonds. The van der Waals surface area contributed by atoms with Crippen LogP contribution in [0.4, 0.5) is 0 Å². The Labute approximate surface area is 222 Å². The van der Waals surface area contributed by atoms with Crippen LogP contribution in [0.2, 0.25) is 0 Å². The van der Waals surface area contributed by atoms with E-state index in [1.54, 1.807) is 0 Å². The zero-order valence-electron chi connectivity index (χ0n) is 23.4. The van der Waals surface area contributed by atoms with Crippen LogP contribution in [0.5, 0.6) is 0 Å². The topological polar surface area (TPSA) is 94.8 Å². The molecule has 0 aromatic carbocycles. The van der Waals surface area contributed by atoms with E-state index in [9.17, 15) is 24.9 Å². The molecule has 5 rings (SSSR count). The summed E-state index contributed by atoms with van der Waals surface area (Å²) < 4.78 is 0. The van der Waals surface area contributed by atoms with Gasteiger partial charge in [-0.15, -0.1) is 0 Å². The largest absolute Gasteiger partial charge is 0.481 e. The number of carboxylic acids is 2. The van der Waals surface area contributed by atoms with E-state index in [0.29, 0.717) is 30.1 Å². The molecule has 5 aliphatic carbocycles. The predicted molar refractivity (Wildman–Crippen MR) is 144 cm³/mol. The van der Waals surface area contributed by atoms with Gasteiger partial charge in [-0.1, -0.05) is 76.5 Å². The quantitative estimate of drug-likeness (QED) is 0.362. The molecule has 0 saturated heterocycles. The maximum atomic E-state index is 12.8. The minimum atomic E-state index is -0.992. The molecule has 0 aromatic heterocycles. The van der Waals surface area contributed by atoms with E-state index >= 15 is 0 Å². The van der Waals surface area contributed by atoms with E-state index in [-0.39, 0.29) is 28.6 Å². The van der Waals surface area contributed by atoms with Crippen molar-refractivity contribution in [2.45, 2.75) is 86.2 Å². The molecule has 0 aromatic rings.